The van der Waals surface area contributed by atoms with E-state index in [1.54, 1.807) is 17.2 Å². The molecule has 0 bridgehead atoms. The van der Waals surface area contributed by atoms with Gasteiger partial charge in [-0.3, -0.25) is 9.78 Å². The van der Waals surface area contributed by atoms with Crippen LogP contribution in [0.1, 0.15) is 37.7 Å². The summed E-state index contributed by atoms with van der Waals surface area (Å²) in [4.78, 5) is 21.9. The van der Waals surface area contributed by atoms with Gasteiger partial charge in [0.2, 0.25) is 5.91 Å². The van der Waals surface area contributed by atoms with Gasteiger partial charge in [0.1, 0.15) is 5.82 Å². The number of piperidine rings is 1. The monoisotopic (exact) mass is 417 g/mol. The van der Waals surface area contributed by atoms with Gasteiger partial charge in [-0.05, 0) is 60.8 Å². The van der Waals surface area contributed by atoms with Gasteiger partial charge in [0.25, 0.3) is 0 Å². The normalized spacial score (nSPS) is 28.7. The zero-order valence-corrected chi connectivity index (χ0v) is 16.4. The van der Waals surface area contributed by atoms with Crippen LogP contribution in [0, 0.1) is 5.82 Å². The quantitative estimate of drug-likeness (QED) is 0.703. The van der Waals surface area contributed by atoms with Crippen LogP contribution in [-0.2, 0) is 10.2 Å². The fourth-order valence-electron chi connectivity index (χ4n) is 5.14. The summed E-state index contributed by atoms with van der Waals surface area (Å²) in [7, 11) is 1.83. The zero-order chi connectivity index (χ0) is 18.1. The molecule has 1 aromatic heterocycles. The molecule has 0 radical (unpaired) electrons. The number of likely N-dealkylation sites (N-methyl/N-ethyl adjacent to an activating group) is 1. The van der Waals surface area contributed by atoms with Crippen molar-refractivity contribution in [1.82, 2.24) is 9.88 Å². The number of benzene rings is 1. The van der Waals surface area contributed by atoms with E-state index in [-0.39, 0.29) is 11.7 Å². The number of amides is 1. The van der Waals surface area contributed by atoms with Crippen LogP contribution < -0.4 is 4.90 Å². The van der Waals surface area contributed by atoms with Crippen molar-refractivity contribution in [3.63, 3.8) is 0 Å². The SMILES string of the molecule is CN1c2cnc3cc(F)c(Br)cc3c2[C@]2(C[C@@H](N3CCCCC3)C2)C1=O. The van der Waals surface area contributed by atoms with Gasteiger partial charge in [0, 0.05) is 30.1 Å². The van der Waals surface area contributed by atoms with Crippen LogP contribution in [0.5, 0.6) is 0 Å². The molecule has 1 saturated carbocycles. The Morgan fingerprint density at radius 1 is 1.23 bits per heavy atom. The van der Waals surface area contributed by atoms with Gasteiger partial charge in [-0.1, -0.05) is 6.42 Å². The summed E-state index contributed by atoms with van der Waals surface area (Å²) >= 11 is 3.30. The van der Waals surface area contributed by atoms with E-state index in [2.05, 4.69) is 25.8 Å². The third-order valence-corrected chi connectivity index (χ3v) is 7.13. The molecule has 2 aromatic rings. The van der Waals surface area contributed by atoms with Crippen LogP contribution in [0.25, 0.3) is 10.9 Å². The number of hydrogen-bond donors (Lipinski definition) is 0. The molecular weight excluding hydrogens is 397 g/mol. The number of anilines is 1. The van der Waals surface area contributed by atoms with E-state index < -0.39 is 5.41 Å². The molecule has 1 spiro atoms. The summed E-state index contributed by atoms with van der Waals surface area (Å²) in [5.74, 6) is -0.160. The van der Waals surface area contributed by atoms with Crippen LogP contribution in [0.15, 0.2) is 22.8 Å². The van der Waals surface area contributed by atoms with Crippen molar-refractivity contribution in [2.24, 2.45) is 0 Å². The zero-order valence-electron chi connectivity index (χ0n) is 14.8. The maximum atomic E-state index is 14.0. The minimum Gasteiger partial charge on any atom is -0.313 e. The summed E-state index contributed by atoms with van der Waals surface area (Å²) in [6.45, 7) is 2.29. The number of halogens is 2. The van der Waals surface area contributed by atoms with Gasteiger partial charge < -0.3 is 9.80 Å². The van der Waals surface area contributed by atoms with Crippen molar-refractivity contribution in [2.45, 2.75) is 43.6 Å². The van der Waals surface area contributed by atoms with Crippen LogP contribution in [-0.4, -0.2) is 42.0 Å². The first-order chi connectivity index (χ1) is 12.5. The maximum Gasteiger partial charge on any atom is 0.237 e. The number of rotatable bonds is 1. The highest BCUT2D eigenvalue weighted by molar-refractivity contribution is 9.10. The third kappa shape index (κ3) is 2.15. The van der Waals surface area contributed by atoms with E-state index >= 15 is 0 Å². The largest absolute Gasteiger partial charge is 0.313 e. The van der Waals surface area contributed by atoms with Crippen molar-refractivity contribution in [2.75, 3.05) is 25.0 Å². The molecule has 1 aliphatic carbocycles. The average molecular weight is 418 g/mol. The number of carbonyl (C=O) groups excluding carboxylic acids is 1. The lowest BCUT2D eigenvalue weighted by Crippen LogP contribution is -2.58. The van der Waals surface area contributed by atoms with Gasteiger partial charge in [0.05, 0.1) is 27.3 Å². The molecule has 0 unspecified atom stereocenters. The second-order valence-corrected chi connectivity index (χ2v) is 8.76. The molecule has 3 aliphatic rings. The topological polar surface area (TPSA) is 36.4 Å². The highest BCUT2D eigenvalue weighted by Crippen LogP contribution is 2.56. The molecule has 6 heteroatoms. The lowest BCUT2D eigenvalue weighted by molar-refractivity contribution is -0.128. The van der Waals surface area contributed by atoms with Crippen molar-refractivity contribution >= 4 is 38.4 Å². The lowest BCUT2D eigenvalue weighted by atomic mass is 9.61. The van der Waals surface area contributed by atoms with Gasteiger partial charge in [-0.15, -0.1) is 0 Å². The first kappa shape index (κ1) is 16.6. The Labute approximate surface area is 160 Å². The number of carbonyl (C=O) groups is 1. The number of fused-ring (bicyclic) bond motifs is 4. The number of nitrogens with zero attached hydrogens (tertiary/aromatic N) is 3. The number of pyridine rings is 1. The molecule has 3 heterocycles. The van der Waals surface area contributed by atoms with Crippen LogP contribution in [0.4, 0.5) is 10.1 Å². The molecule has 0 N–H and O–H groups in total. The maximum absolute atomic E-state index is 14.0. The molecule has 2 aliphatic heterocycles. The highest BCUT2D eigenvalue weighted by atomic mass is 79.9. The first-order valence-corrected chi connectivity index (χ1v) is 10.1. The number of hydrogen-bond acceptors (Lipinski definition) is 3. The lowest BCUT2D eigenvalue weighted by Gasteiger charge is -2.50. The van der Waals surface area contributed by atoms with Crippen LogP contribution in [0.3, 0.4) is 0 Å². The second kappa shape index (κ2) is 5.73. The Hall–Kier alpha value is -1.53. The summed E-state index contributed by atoms with van der Waals surface area (Å²) in [5, 5.41) is 0.894. The van der Waals surface area contributed by atoms with E-state index in [9.17, 15) is 9.18 Å². The van der Waals surface area contributed by atoms with Crippen molar-refractivity contribution in [1.29, 1.82) is 0 Å². The second-order valence-electron chi connectivity index (χ2n) is 7.91. The van der Waals surface area contributed by atoms with Crippen molar-refractivity contribution in [3.05, 3.63) is 34.2 Å². The predicted molar refractivity (Wildman–Crippen MR) is 103 cm³/mol. The molecule has 1 saturated heterocycles. The van der Waals surface area contributed by atoms with E-state index in [0.29, 0.717) is 16.0 Å². The molecule has 2 fully saturated rings. The smallest absolute Gasteiger partial charge is 0.237 e. The Bertz CT molecular complexity index is 919. The van der Waals surface area contributed by atoms with Crippen LogP contribution in [0.2, 0.25) is 0 Å². The van der Waals surface area contributed by atoms with E-state index in [1.165, 1.54) is 25.3 Å². The highest BCUT2D eigenvalue weighted by Gasteiger charge is 2.59. The first-order valence-electron chi connectivity index (χ1n) is 9.32. The Morgan fingerprint density at radius 2 is 1.96 bits per heavy atom. The Kier molecular flexibility index (Phi) is 3.67. The van der Waals surface area contributed by atoms with Crippen molar-refractivity contribution in [3.8, 4) is 0 Å². The average Bonchev–Trinajstić information content (AvgIpc) is 2.84. The molecule has 1 aromatic carbocycles. The van der Waals surface area contributed by atoms with Gasteiger partial charge >= 0.3 is 0 Å². The van der Waals surface area contributed by atoms with E-state index in [4.69, 9.17) is 0 Å². The summed E-state index contributed by atoms with van der Waals surface area (Å²) in [5.41, 5.74) is 2.07. The third-order valence-electron chi connectivity index (χ3n) is 6.52. The predicted octanol–water partition coefficient (Wildman–Crippen LogP) is 4.00. The van der Waals surface area contributed by atoms with E-state index in [0.717, 1.165) is 42.6 Å². The van der Waals surface area contributed by atoms with Gasteiger partial charge in [-0.2, -0.15) is 0 Å². The Balaban J connectivity index is 1.60. The summed E-state index contributed by atoms with van der Waals surface area (Å²) in [6, 6.07) is 3.72. The van der Waals surface area contributed by atoms with Crippen molar-refractivity contribution < 1.29 is 9.18 Å². The number of likely N-dealkylation sites (tertiary alicyclic amines) is 1. The molecule has 1 amide bonds. The van der Waals surface area contributed by atoms with E-state index in [1.807, 2.05) is 7.05 Å². The van der Waals surface area contributed by atoms with Gasteiger partial charge in [0.15, 0.2) is 0 Å². The Morgan fingerprint density at radius 3 is 2.69 bits per heavy atom. The van der Waals surface area contributed by atoms with Gasteiger partial charge in [-0.25, -0.2) is 4.39 Å². The fourth-order valence-corrected chi connectivity index (χ4v) is 5.48. The minimum absolute atomic E-state index is 0.163. The standard InChI is InChI=1S/C20H21BrFN3O/c1-24-17-11-23-16-8-15(22)14(21)7-13(16)18(17)20(19(24)26)9-12(10-20)25-5-3-2-4-6-25/h7-8,11-12H,2-6,9-10H2,1H3/t12-,20-. The summed E-state index contributed by atoms with van der Waals surface area (Å²) in [6.07, 6.45) is 7.27. The van der Waals surface area contributed by atoms with Crippen LogP contribution >= 0.6 is 15.9 Å². The minimum atomic E-state index is -0.468. The molecule has 4 nitrogen and oxygen atoms in total. The molecule has 5 rings (SSSR count). The summed E-state index contributed by atoms with van der Waals surface area (Å²) < 4.78 is 14.4. The molecular formula is C20H21BrFN3O. The molecule has 136 valence electrons. The fraction of sp³-hybridized carbons (Fsp3) is 0.500. The number of aromatic nitrogens is 1. The molecule has 0 atom stereocenters. The molecule has 26 heavy (non-hydrogen) atoms.